The maximum absolute atomic E-state index is 13.4. The Kier molecular flexibility index (Phi) is 5.89. The first-order valence-corrected chi connectivity index (χ1v) is 8.97. The molecule has 2 aromatic carbocycles. The first-order chi connectivity index (χ1) is 12.6. The van der Waals surface area contributed by atoms with Crippen LogP contribution >= 0.6 is 11.6 Å². The molecule has 136 valence electrons. The van der Waals surface area contributed by atoms with E-state index in [1.165, 1.54) is 6.07 Å². The van der Waals surface area contributed by atoms with Crippen molar-refractivity contribution in [3.05, 3.63) is 64.4 Å². The number of carbonyl (C=O) groups excluding carboxylic acids is 2. The van der Waals surface area contributed by atoms with E-state index in [2.05, 4.69) is 10.2 Å². The van der Waals surface area contributed by atoms with Crippen molar-refractivity contribution >= 4 is 29.5 Å². The van der Waals surface area contributed by atoms with Gasteiger partial charge >= 0.3 is 0 Å². The number of rotatable bonds is 5. The van der Waals surface area contributed by atoms with E-state index in [1.807, 2.05) is 12.1 Å². The van der Waals surface area contributed by atoms with Crippen LogP contribution in [0, 0.1) is 11.7 Å². The Labute approximate surface area is 157 Å². The molecule has 26 heavy (non-hydrogen) atoms. The first-order valence-electron chi connectivity index (χ1n) is 8.59. The van der Waals surface area contributed by atoms with Crippen molar-refractivity contribution in [1.29, 1.82) is 0 Å². The van der Waals surface area contributed by atoms with Crippen LogP contribution in [0.5, 0.6) is 0 Å². The molecule has 0 bridgehead atoms. The van der Waals surface area contributed by atoms with Gasteiger partial charge in [-0.05, 0) is 48.7 Å². The predicted molar refractivity (Wildman–Crippen MR) is 100 cm³/mol. The van der Waals surface area contributed by atoms with E-state index in [9.17, 15) is 14.0 Å². The van der Waals surface area contributed by atoms with E-state index in [-0.39, 0.29) is 23.4 Å². The van der Waals surface area contributed by atoms with Gasteiger partial charge in [-0.1, -0.05) is 23.7 Å². The zero-order valence-corrected chi connectivity index (χ0v) is 15.0. The summed E-state index contributed by atoms with van der Waals surface area (Å²) in [5.41, 5.74) is 2.28. The molecule has 4 nitrogen and oxygen atoms in total. The number of halogens is 2. The number of amides is 1. The summed E-state index contributed by atoms with van der Waals surface area (Å²) in [5.74, 6) is -0.568. The van der Waals surface area contributed by atoms with Gasteiger partial charge in [0, 0.05) is 36.8 Å². The van der Waals surface area contributed by atoms with Crippen molar-refractivity contribution in [2.45, 2.75) is 19.4 Å². The zero-order chi connectivity index (χ0) is 18.5. The lowest BCUT2D eigenvalue weighted by atomic mass is 9.95. The first kappa shape index (κ1) is 18.4. The van der Waals surface area contributed by atoms with Crippen LogP contribution in [0.3, 0.4) is 0 Å². The van der Waals surface area contributed by atoms with Gasteiger partial charge in [0.2, 0.25) is 5.91 Å². The number of aldehydes is 1. The van der Waals surface area contributed by atoms with Gasteiger partial charge in [-0.2, -0.15) is 0 Å². The van der Waals surface area contributed by atoms with E-state index in [1.54, 1.807) is 24.3 Å². The number of piperidine rings is 1. The van der Waals surface area contributed by atoms with Crippen molar-refractivity contribution in [2.75, 3.05) is 18.0 Å². The third-order valence-corrected chi connectivity index (χ3v) is 5.17. The molecular formula is C20H20ClFN2O2. The molecular weight excluding hydrogens is 355 g/mol. The summed E-state index contributed by atoms with van der Waals surface area (Å²) in [5, 5.41) is 2.92. The number of nitrogens with zero attached hydrogens (tertiary/aromatic N) is 1. The molecule has 1 aliphatic heterocycles. The molecule has 0 radical (unpaired) electrons. The molecule has 1 amide bonds. The SMILES string of the molecule is O=Cc1ccc(N2CCC(C(=O)NCc3cccc(F)c3Cl)CC2)cc1. The Morgan fingerprint density at radius 2 is 1.88 bits per heavy atom. The molecule has 0 unspecified atom stereocenters. The Morgan fingerprint density at radius 1 is 1.19 bits per heavy atom. The normalized spacial score (nSPS) is 14.9. The fourth-order valence-corrected chi connectivity index (χ4v) is 3.37. The summed E-state index contributed by atoms with van der Waals surface area (Å²) < 4.78 is 13.4. The van der Waals surface area contributed by atoms with E-state index in [4.69, 9.17) is 11.6 Å². The van der Waals surface area contributed by atoms with E-state index >= 15 is 0 Å². The number of nitrogens with one attached hydrogen (secondary N) is 1. The smallest absolute Gasteiger partial charge is 0.223 e. The monoisotopic (exact) mass is 374 g/mol. The van der Waals surface area contributed by atoms with E-state index in [0.29, 0.717) is 11.1 Å². The average molecular weight is 375 g/mol. The number of benzene rings is 2. The summed E-state index contributed by atoms with van der Waals surface area (Å²) in [6.45, 7) is 1.78. The van der Waals surface area contributed by atoms with Gasteiger partial charge in [0.25, 0.3) is 0 Å². The number of carbonyl (C=O) groups is 2. The van der Waals surface area contributed by atoms with Gasteiger partial charge in [-0.15, -0.1) is 0 Å². The highest BCUT2D eigenvalue weighted by Gasteiger charge is 2.25. The van der Waals surface area contributed by atoms with Crippen LogP contribution in [-0.4, -0.2) is 25.3 Å². The number of hydrogen-bond acceptors (Lipinski definition) is 3. The van der Waals surface area contributed by atoms with Gasteiger partial charge in [0.05, 0.1) is 5.02 Å². The lowest BCUT2D eigenvalue weighted by molar-refractivity contribution is -0.125. The topological polar surface area (TPSA) is 49.4 Å². The maximum Gasteiger partial charge on any atom is 0.223 e. The van der Waals surface area contributed by atoms with Crippen LogP contribution < -0.4 is 10.2 Å². The van der Waals surface area contributed by atoms with Gasteiger partial charge < -0.3 is 10.2 Å². The van der Waals surface area contributed by atoms with Crippen molar-refractivity contribution in [2.24, 2.45) is 5.92 Å². The van der Waals surface area contributed by atoms with Crippen molar-refractivity contribution < 1.29 is 14.0 Å². The third kappa shape index (κ3) is 4.22. The quantitative estimate of drug-likeness (QED) is 0.809. The molecule has 1 N–H and O–H groups in total. The highest BCUT2D eigenvalue weighted by Crippen LogP contribution is 2.24. The molecule has 1 heterocycles. The fraction of sp³-hybridized carbons (Fsp3) is 0.300. The second-order valence-corrected chi connectivity index (χ2v) is 6.78. The summed E-state index contributed by atoms with van der Waals surface area (Å²) >= 11 is 5.92. The van der Waals surface area contributed by atoms with Crippen LogP contribution in [0.15, 0.2) is 42.5 Å². The fourth-order valence-electron chi connectivity index (χ4n) is 3.18. The predicted octanol–water partition coefficient (Wildman–Crippen LogP) is 3.82. The Bertz CT molecular complexity index is 787. The molecule has 0 aliphatic carbocycles. The summed E-state index contributed by atoms with van der Waals surface area (Å²) in [4.78, 5) is 25.3. The Morgan fingerprint density at radius 3 is 2.54 bits per heavy atom. The number of hydrogen-bond donors (Lipinski definition) is 1. The zero-order valence-electron chi connectivity index (χ0n) is 14.3. The van der Waals surface area contributed by atoms with Crippen molar-refractivity contribution in [1.82, 2.24) is 5.32 Å². The van der Waals surface area contributed by atoms with E-state index in [0.717, 1.165) is 37.9 Å². The standard InChI is InChI=1S/C20H20ClFN2O2/c21-19-16(2-1-3-18(19)22)12-23-20(26)15-8-10-24(11-9-15)17-6-4-14(13-25)5-7-17/h1-7,13,15H,8-12H2,(H,23,26). The minimum absolute atomic E-state index is 0.0266. The van der Waals surface area contributed by atoms with Crippen molar-refractivity contribution in [3.63, 3.8) is 0 Å². The molecule has 0 saturated carbocycles. The molecule has 0 aromatic heterocycles. The van der Waals surface area contributed by atoms with Crippen LogP contribution in [0.4, 0.5) is 10.1 Å². The summed E-state index contributed by atoms with van der Waals surface area (Å²) in [6.07, 6.45) is 2.32. The maximum atomic E-state index is 13.4. The lowest BCUT2D eigenvalue weighted by Crippen LogP contribution is -2.40. The molecule has 0 atom stereocenters. The second-order valence-electron chi connectivity index (χ2n) is 6.40. The van der Waals surface area contributed by atoms with Gasteiger partial charge in [-0.25, -0.2) is 4.39 Å². The Balaban J connectivity index is 1.51. The van der Waals surface area contributed by atoms with E-state index < -0.39 is 5.82 Å². The second kappa shape index (κ2) is 8.32. The van der Waals surface area contributed by atoms with Gasteiger partial charge in [-0.3, -0.25) is 9.59 Å². The molecule has 2 aromatic rings. The molecule has 1 fully saturated rings. The van der Waals surface area contributed by atoms with Crippen LogP contribution in [0.25, 0.3) is 0 Å². The molecule has 3 rings (SSSR count). The Hall–Kier alpha value is -2.40. The van der Waals surface area contributed by atoms with Crippen LogP contribution in [0.2, 0.25) is 5.02 Å². The van der Waals surface area contributed by atoms with Gasteiger partial charge in [0.15, 0.2) is 0 Å². The largest absolute Gasteiger partial charge is 0.371 e. The van der Waals surface area contributed by atoms with Crippen LogP contribution in [0.1, 0.15) is 28.8 Å². The summed E-state index contributed by atoms with van der Waals surface area (Å²) in [6, 6.07) is 12.0. The van der Waals surface area contributed by atoms with Crippen molar-refractivity contribution in [3.8, 4) is 0 Å². The number of anilines is 1. The minimum Gasteiger partial charge on any atom is -0.371 e. The molecule has 0 spiro atoms. The minimum atomic E-state index is -0.479. The highest BCUT2D eigenvalue weighted by molar-refractivity contribution is 6.31. The lowest BCUT2D eigenvalue weighted by Gasteiger charge is -2.33. The molecule has 1 saturated heterocycles. The van der Waals surface area contributed by atoms with Gasteiger partial charge in [0.1, 0.15) is 12.1 Å². The highest BCUT2D eigenvalue weighted by atomic mass is 35.5. The third-order valence-electron chi connectivity index (χ3n) is 4.74. The average Bonchev–Trinajstić information content (AvgIpc) is 2.69. The van der Waals surface area contributed by atoms with Crippen LogP contribution in [-0.2, 0) is 11.3 Å². The molecule has 6 heteroatoms. The summed E-state index contributed by atoms with van der Waals surface area (Å²) in [7, 11) is 0. The molecule has 1 aliphatic rings.